The molecular weight excluding hydrogens is 334 g/mol. The minimum atomic E-state index is -0.506. The maximum Gasteiger partial charge on any atom is 0.323 e. The normalized spacial score (nSPS) is 10.0. The Labute approximate surface area is 150 Å². The van der Waals surface area contributed by atoms with Crippen LogP contribution in [0.5, 0.6) is 0 Å². The van der Waals surface area contributed by atoms with Crippen LogP contribution in [0.15, 0.2) is 36.7 Å². The molecule has 8 N–H and O–H groups in total. The number of nitrogens with one attached hydrogen (secondary N) is 4. The van der Waals surface area contributed by atoms with Crippen molar-refractivity contribution in [3.05, 3.63) is 47.8 Å². The number of hydrogen-bond donors (Lipinski definition) is 6. The van der Waals surface area contributed by atoms with Crippen molar-refractivity contribution < 1.29 is 9.59 Å². The van der Waals surface area contributed by atoms with Gasteiger partial charge in [-0.1, -0.05) is 0 Å². The average molecular weight is 355 g/mol. The molecule has 0 unspecified atom stereocenters. The van der Waals surface area contributed by atoms with Crippen molar-refractivity contribution in [1.82, 2.24) is 10.3 Å². The van der Waals surface area contributed by atoms with Crippen molar-refractivity contribution in [1.29, 1.82) is 5.41 Å². The highest BCUT2D eigenvalue weighted by Gasteiger charge is 2.09. The molecule has 0 bridgehead atoms. The van der Waals surface area contributed by atoms with Crippen LogP contribution in [0.3, 0.4) is 0 Å². The Morgan fingerprint density at radius 1 is 1.15 bits per heavy atom. The van der Waals surface area contributed by atoms with Crippen LogP contribution in [-0.4, -0.2) is 36.2 Å². The summed E-state index contributed by atoms with van der Waals surface area (Å²) < 4.78 is 0. The lowest BCUT2D eigenvalue weighted by Gasteiger charge is -2.10. The van der Waals surface area contributed by atoms with Gasteiger partial charge in [-0.05, 0) is 37.2 Å². The Kier molecular flexibility index (Phi) is 6.63. The SMILES string of the molecule is N=Cc1cc(NC(=O)Nc2cncc(C(=O)NCCCN)c2)ccc1N. The van der Waals surface area contributed by atoms with Crippen LogP contribution in [0, 0.1) is 5.41 Å². The third kappa shape index (κ3) is 5.28. The summed E-state index contributed by atoms with van der Waals surface area (Å²) in [5, 5.41) is 15.2. The molecule has 0 saturated carbocycles. The van der Waals surface area contributed by atoms with Crippen LogP contribution in [0.25, 0.3) is 0 Å². The number of carbonyl (C=O) groups is 2. The van der Waals surface area contributed by atoms with Gasteiger partial charge >= 0.3 is 6.03 Å². The Hall–Kier alpha value is -3.46. The summed E-state index contributed by atoms with van der Waals surface area (Å²) in [7, 11) is 0. The number of nitrogen functional groups attached to an aromatic ring is 1. The fraction of sp³-hybridized carbons (Fsp3) is 0.176. The van der Waals surface area contributed by atoms with Gasteiger partial charge in [0, 0.05) is 35.9 Å². The molecular formula is C17H21N7O2. The van der Waals surface area contributed by atoms with E-state index in [4.69, 9.17) is 16.9 Å². The van der Waals surface area contributed by atoms with E-state index in [9.17, 15) is 9.59 Å². The fourth-order valence-electron chi connectivity index (χ4n) is 2.11. The Bertz CT molecular complexity index is 807. The van der Waals surface area contributed by atoms with Crippen LogP contribution in [0.2, 0.25) is 0 Å². The number of nitrogens with zero attached hydrogens (tertiary/aromatic N) is 1. The molecule has 9 nitrogen and oxygen atoms in total. The molecule has 26 heavy (non-hydrogen) atoms. The Morgan fingerprint density at radius 2 is 1.92 bits per heavy atom. The fourth-order valence-corrected chi connectivity index (χ4v) is 2.11. The lowest BCUT2D eigenvalue weighted by molar-refractivity contribution is 0.0953. The summed E-state index contributed by atoms with van der Waals surface area (Å²) >= 11 is 0. The van der Waals surface area contributed by atoms with E-state index in [1.807, 2.05) is 0 Å². The maximum atomic E-state index is 12.1. The Balaban J connectivity index is 1.99. The summed E-state index contributed by atoms with van der Waals surface area (Å²) in [5.74, 6) is -0.288. The number of pyridine rings is 1. The van der Waals surface area contributed by atoms with Gasteiger partial charge in [0.2, 0.25) is 0 Å². The molecule has 0 atom stereocenters. The predicted molar refractivity (Wildman–Crippen MR) is 102 cm³/mol. The summed E-state index contributed by atoms with van der Waals surface area (Å²) in [6, 6.07) is 5.83. The minimum Gasteiger partial charge on any atom is -0.398 e. The van der Waals surface area contributed by atoms with Gasteiger partial charge < -0.3 is 32.8 Å². The van der Waals surface area contributed by atoms with E-state index in [0.29, 0.717) is 47.7 Å². The molecule has 2 rings (SSSR count). The van der Waals surface area contributed by atoms with Gasteiger partial charge in [-0.3, -0.25) is 9.78 Å². The quantitative estimate of drug-likeness (QED) is 0.251. The van der Waals surface area contributed by atoms with Gasteiger partial charge in [0.1, 0.15) is 0 Å². The summed E-state index contributed by atoms with van der Waals surface area (Å²) in [5.41, 5.74) is 13.2. The third-order valence-electron chi connectivity index (χ3n) is 3.42. The number of benzene rings is 1. The molecule has 3 amide bonds. The monoisotopic (exact) mass is 355 g/mol. The molecule has 9 heteroatoms. The minimum absolute atomic E-state index is 0.288. The second kappa shape index (κ2) is 9.14. The van der Waals surface area contributed by atoms with E-state index in [1.54, 1.807) is 18.2 Å². The van der Waals surface area contributed by atoms with E-state index >= 15 is 0 Å². The first-order chi connectivity index (χ1) is 12.5. The molecule has 0 aliphatic rings. The largest absolute Gasteiger partial charge is 0.398 e. The average Bonchev–Trinajstić information content (AvgIpc) is 2.63. The van der Waals surface area contributed by atoms with Gasteiger partial charge in [-0.15, -0.1) is 0 Å². The number of rotatable bonds is 7. The summed E-state index contributed by atoms with van der Waals surface area (Å²) in [4.78, 5) is 28.1. The number of nitrogens with two attached hydrogens (primary N) is 2. The van der Waals surface area contributed by atoms with Gasteiger partial charge in [-0.2, -0.15) is 0 Å². The predicted octanol–water partition coefficient (Wildman–Crippen LogP) is 1.38. The molecule has 0 aliphatic heterocycles. The summed E-state index contributed by atoms with van der Waals surface area (Å²) in [6.07, 6.45) is 4.63. The van der Waals surface area contributed by atoms with E-state index < -0.39 is 6.03 Å². The van der Waals surface area contributed by atoms with E-state index in [2.05, 4.69) is 20.9 Å². The van der Waals surface area contributed by atoms with Crippen LogP contribution >= 0.6 is 0 Å². The molecule has 1 aromatic carbocycles. The first kappa shape index (κ1) is 18.9. The number of hydrogen-bond acceptors (Lipinski definition) is 6. The number of carbonyl (C=O) groups excluding carboxylic acids is 2. The van der Waals surface area contributed by atoms with Crippen molar-refractivity contribution in [2.24, 2.45) is 5.73 Å². The van der Waals surface area contributed by atoms with Crippen LogP contribution in [0.1, 0.15) is 22.3 Å². The van der Waals surface area contributed by atoms with Crippen molar-refractivity contribution in [2.45, 2.75) is 6.42 Å². The molecule has 0 aliphatic carbocycles. The maximum absolute atomic E-state index is 12.1. The molecule has 0 fully saturated rings. The van der Waals surface area contributed by atoms with Crippen molar-refractivity contribution >= 4 is 35.2 Å². The molecule has 136 valence electrons. The molecule has 0 radical (unpaired) electrons. The standard InChI is InChI=1S/C17H21N7O2/c18-4-1-5-22-16(25)12-7-14(10-21-9-12)24-17(26)23-13-2-3-15(20)11(6-13)8-19/h2-3,6-10,19H,1,4-5,18,20H2,(H,22,25)(H2,23,24,26). The number of amides is 3. The van der Waals surface area contributed by atoms with Crippen molar-refractivity contribution in [3.8, 4) is 0 Å². The zero-order valence-electron chi connectivity index (χ0n) is 14.1. The number of urea groups is 1. The molecule has 0 spiro atoms. The van der Waals surface area contributed by atoms with Crippen LogP contribution in [0.4, 0.5) is 21.9 Å². The van der Waals surface area contributed by atoms with E-state index in [0.717, 1.165) is 6.21 Å². The molecule has 0 saturated heterocycles. The Morgan fingerprint density at radius 3 is 2.65 bits per heavy atom. The highest BCUT2D eigenvalue weighted by molar-refractivity contribution is 6.02. The lowest BCUT2D eigenvalue weighted by Crippen LogP contribution is -2.26. The van der Waals surface area contributed by atoms with E-state index in [1.165, 1.54) is 18.5 Å². The molecule has 1 heterocycles. The first-order valence-electron chi connectivity index (χ1n) is 7.95. The van der Waals surface area contributed by atoms with Gasteiger partial charge in [0.05, 0.1) is 17.4 Å². The van der Waals surface area contributed by atoms with Crippen LogP contribution in [-0.2, 0) is 0 Å². The third-order valence-corrected chi connectivity index (χ3v) is 3.42. The highest BCUT2D eigenvalue weighted by atomic mass is 16.2. The molecule has 1 aromatic heterocycles. The zero-order valence-corrected chi connectivity index (χ0v) is 14.1. The topological polar surface area (TPSA) is 159 Å². The van der Waals surface area contributed by atoms with Gasteiger partial charge in [0.25, 0.3) is 5.91 Å². The van der Waals surface area contributed by atoms with Gasteiger partial charge in [0.15, 0.2) is 0 Å². The zero-order chi connectivity index (χ0) is 18.9. The number of anilines is 3. The second-order valence-corrected chi connectivity index (χ2v) is 5.43. The summed E-state index contributed by atoms with van der Waals surface area (Å²) in [6.45, 7) is 0.963. The van der Waals surface area contributed by atoms with Gasteiger partial charge in [-0.25, -0.2) is 4.79 Å². The smallest absolute Gasteiger partial charge is 0.323 e. The van der Waals surface area contributed by atoms with Crippen molar-refractivity contribution in [3.63, 3.8) is 0 Å². The highest BCUT2D eigenvalue weighted by Crippen LogP contribution is 2.16. The lowest BCUT2D eigenvalue weighted by atomic mass is 10.2. The molecule has 2 aromatic rings. The van der Waals surface area contributed by atoms with Crippen molar-refractivity contribution in [2.75, 3.05) is 29.5 Å². The van der Waals surface area contributed by atoms with E-state index in [-0.39, 0.29) is 5.91 Å². The van der Waals surface area contributed by atoms with Crippen LogP contribution < -0.4 is 27.4 Å². The number of aromatic nitrogens is 1. The first-order valence-corrected chi connectivity index (χ1v) is 7.95. The second-order valence-electron chi connectivity index (χ2n) is 5.43.